The largest absolute Gasteiger partial charge is 0.489 e. The third kappa shape index (κ3) is 4.56. The Morgan fingerprint density at radius 2 is 1.97 bits per heavy atom. The van der Waals surface area contributed by atoms with Crippen molar-refractivity contribution in [2.45, 2.75) is 57.6 Å². The molecule has 2 fully saturated rings. The highest BCUT2D eigenvalue weighted by Gasteiger charge is 2.27. The van der Waals surface area contributed by atoms with Crippen molar-refractivity contribution in [3.8, 4) is 5.75 Å². The predicted octanol–water partition coefficient (Wildman–Crippen LogP) is 4.40. The average Bonchev–Trinajstić information content (AvgIpc) is 3.42. The zero-order chi connectivity index (χ0) is 20.5. The van der Waals surface area contributed by atoms with Crippen molar-refractivity contribution < 1.29 is 9.53 Å². The number of carbonyl (C=O) groups excluding carboxylic acids is 1. The monoisotopic (exact) mass is 412 g/mol. The normalized spacial score (nSPS) is 19.5. The number of benzene rings is 1. The molecule has 1 saturated carbocycles. The van der Waals surface area contributed by atoms with Gasteiger partial charge < -0.3 is 15.0 Å². The topological polar surface area (TPSA) is 71.2 Å². The number of H-pyrrole nitrogens is 1. The van der Waals surface area contributed by atoms with E-state index in [1.165, 1.54) is 0 Å². The molecule has 0 spiro atoms. The number of rotatable bonds is 6. The summed E-state index contributed by atoms with van der Waals surface area (Å²) in [5.74, 6) is 1.05. The summed E-state index contributed by atoms with van der Waals surface area (Å²) < 4.78 is 5.73. The lowest BCUT2D eigenvalue weighted by molar-refractivity contribution is -0.119. The van der Waals surface area contributed by atoms with Gasteiger partial charge in [0.2, 0.25) is 5.91 Å². The number of aromatic amines is 1. The van der Waals surface area contributed by atoms with E-state index >= 15 is 0 Å². The van der Waals surface area contributed by atoms with Gasteiger partial charge >= 0.3 is 0 Å². The third-order valence-electron chi connectivity index (χ3n) is 5.25. The Morgan fingerprint density at radius 3 is 2.55 bits per heavy atom. The molecule has 1 aromatic heterocycles. The molecule has 2 aromatic rings. The Balaban J connectivity index is 1.74. The van der Waals surface area contributed by atoms with E-state index in [0.29, 0.717) is 28.8 Å². The molecule has 2 heterocycles. The maximum absolute atomic E-state index is 12.6. The fourth-order valence-electron chi connectivity index (χ4n) is 3.68. The van der Waals surface area contributed by atoms with Gasteiger partial charge in [-0.05, 0) is 62.8 Å². The summed E-state index contributed by atoms with van der Waals surface area (Å²) in [5, 5.41) is 3.47. The second-order valence-electron chi connectivity index (χ2n) is 8.04. The Morgan fingerprint density at radius 1 is 1.17 bits per heavy atom. The zero-order valence-electron chi connectivity index (χ0n) is 16.6. The number of hydrogen-bond acceptors (Lipinski definition) is 3. The number of carbonyl (C=O) groups is 1. The standard InChI is InChI=1S/C23H25ClN2O3/c1-13(2)29-21-9-5-15(11-19(21)24)18(12-16-6-10-22(27)25-16)20-8-7-17(14-3-4-14)23(28)26-20/h5,7-9,11-14,16H,3-4,6,10H2,1-2H3,(H,25,27)(H,26,28)/t16-/m1/s1. The van der Waals surface area contributed by atoms with Crippen molar-refractivity contribution in [3.05, 3.63) is 68.6 Å². The van der Waals surface area contributed by atoms with Crippen LogP contribution in [0, 0.1) is 0 Å². The van der Waals surface area contributed by atoms with Gasteiger partial charge in [-0.3, -0.25) is 9.59 Å². The number of amides is 1. The molecule has 0 bridgehead atoms. The van der Waals surface area contributed by atoms with E-state index in [1.807, 2.05) is 50.3 Å². The van der Waals surface area contributed by atoms with Gasteiger partial charge in [-0.1, -0.05) is 29.8 Å². The first-order valence-electron chi connectivity index (χ1n) is 10.1. The minimum Gasteiger partial charge on any atom is -0.489 e. The molecule has 1 aromatic carbocycles. The Hall–Kier alpha value is -2.53. The fourth-order valence-corrected chi connectivity index (χ4v) is 3.91. The van der Waals surface area contributed by atoms with Crippen LogP contribution in [0.4, 0.5) is 0 Å². The zero-order valence-corrected chi connectivity index (χ0v) is 17.4. The van der Waals surface area contributed by atoms with Crippen molar-refractivity contribution in [2.75, 3.05) is 0 Å². The van der Waals surface area contributed by atoms with Gasteiger partial charge in [0.25, 0.3) is 5.56 Å². The van der Waals surface area contributed by atoms with Crippen LogP contribution in [0.25, 0.3) is 5.57 Å². The van der Waals surface area contributed by atoms with Crippen LogP contribution in [0.2, 0.25) is 5.02 Å². The molecule has 1 amide bonds. The van der Waals surface area contributed by atoms with Crippen LogP contribution in [-0.4, -0.2) is 23.0 Å². The van der Waals surface area contributed by atoms with Crippen molar-refractivity contribution in [3.63, 3.8) is 0 Å². The number of hydrogen-bond donors (Lipinski definition) is 2. The first-order chi connectivity index (χ1) is 13.9. The molecule has 152 valence electrons. The summed E-state index contributed by atoms with van der Waals surface area (Å²) in [6.07, 6.45) is 5.41. The number of aromatic nitrogens is 1. The molecule has 1 saturated heterocycles. The van der Waals surface area contributed by atoms with Crippen LogP contribution in [0.15, 0.2) is 41.2 Å². The van der Waals surface area contributed by atoms with Crippen molar-refractivity contribution in [1.82, 2.24) is 10.3 Å². The Bertz CT molecular complexity index is 1020. The summed E-state index contributed by atoms with van der Waals surface area (Å²) in [7, 11) is 0. The molecular weight excluding hydrogens is 388 g/mol. The minimum absolute atomic E-state index is 0.0217. The van der Waals surface area contributed by atoms with Gasteiger partial charge in [0.05, 0.1) is 11.1 Å². The van der Waals surface area contributed by atoms with Crippen LogP contribution in [0.5, 0.6) is 5.75 Å². The maximum Gasteiger partial charge on any atom is 0.251 e. The van der Waals surface area contributed by atoms with Gasteiger partial charge in [-0.25, -0.2) is 0 Å². The average molecular weight is 413 g/mol. The molecule has 1 atom stereocenters. The third-order valence-corrected chi connectivity index (χ3v) is 5.54. The maximum atomic E-state index is 12.6. The molecule has 1 aliphatic carbocycles. The van der Waals surface area contributed by atoms with Crippen LogP contribution >= 0.6 is 11.6 Å². The highest BCUT2D eigenvalue weighted by molar-refractivity contribution is 6.32. The first kappa shape index (κ1) is 19.8. The fraction of sp³-hybridized carbons (Fsp3) is 0.391. The van der Waals surface area contributed by atoms with Gasteiger partial charge in [0, 0.05) is 29.3 Å². The summed E-state index contributed by atoms with van der Waals surface area (Å²) in [6.45, 7) is 3.90. The highest BCUT2D eigenvalue weighted by Crippen LogP contribution is 2.38. The van der Waals surface area contributed by atoms with E-state index in [1.54, 1.807) is 0 Å². The molecule has 29 heavy (non-hydrogen) atoms. The van der Waals surface area contributed by atoms with E-state index in [4.69, 9.17) is 16.3 Å². The Labute approximate surface area is 175 Å². The summed E-state index contributed by atoms with van der Waals surface area (Å²) in [6, 6.07) is 9.41. The van der Waals surface area contributed by atoms with Crippen molar-refractivity contribution in [1.29, 1.82) is 0 Å². The van der Waals surface area contributed by atoms with Gasteiger partial charge in [0.15, 0.2) is 0 Å². The predicted molar refractivity (Wildman–Crippen MR) is 114 cm³/mol. The quantitative estimate of drug-likeness (QED) is 0.738. The lowest BCUT2D eigenvalue weighted by Crippen LogP contribution is -2.23. The molecule has 0 unspecified atom stereocenters. The number of pyridine rings is 1. The van der Waals surface area contributed by atoms with Crippen LogP contribution in [0.1, 0.15) is 62.3 Å². The van der Waals surface area contributed by atoms with Gasteiger partial charge in [-0.15, -0.1) is 0 Å². The molecular formula is C23H25ClN2O3. The lowest BCUT2D eigenvalue weighted by atomic mass is 9.98. The molecule has 0 radical (unpaired) electrons. The van der Waals surface area contributed by atoms with Crippen molar-refractivity contribution in [2.24, 2.45) is 0 Å². The van der Waals surface area contributed by atoms with E-state index in [2.05, 4.69) is 10.3 Å². The molecule has 5 nitrogen and oxygen atoms in total. The Kier molecular flexibility index (Phi) is 5.50. The highest BCUT2D eigenvalue weighted by atomic mass is 35.5. The van der Waals surface area contributed by atoms with E-state index in [-0.39, 0.29) is 23.6 Å². The number of ether oxygens (including phenoxy) is 1. The number of halogens is 1. The van der Waals surface area contributed by atoms with Crippen LogP contribution < -0.4 is 15.6 Å². The first-order valence-corrected chi connectivity index (χ1v) is 10.5. The lowest BCUT2D eigenvalue weighted by Gasteiger charge is -2.15. The summed E-state index contributed by atoms with van der Waals surface area (Å²) in [5.41, 5.74) is 3.23. The molecule has 6 heteroatoms. The van der Waals surface area contributed by atoms with E-state index in [0.717, 1.165) is 36.0 Å². The smallest absolute Gasteiger partial charge is 0.251 e. The molecule has 1 aliphatic heterocycles. The molecule has 4 rings (SSSR count). The second-order valence-corrected chi connectivity index (χ2v) is 8.44. The SMILES string of the molecule is CC(C)Oc1ccc(C(=C[C@H]2CCC(=O)N2)c2ccc(C3CC3)c(=O)[nH]2)cc1Cl. The van der Waals surface area contributed by atoms with E-state index in [9.17, 15) is 9.59 Å². The van der Waals surface area contributed by atoms with Gasteiger partial charge in [-0.2, -0.15) is 0 Å². The molecule has 2 N–H and O–H groups in total. The number of nitrogens with one attached hydrogen (secondary N) is 2. The van der Waals surface area contributed by atoms with E-state index < -0.39 is 0 Å². The van der Waals surface area contributed by atoms with Crippen LogP contribution in [0.3, 0.4) is 0 Å². The van der Waals surface area contributed by atoms with Crippen molar-refractivity contribution >= 4 is 23.1 Å². The summed E-state index contributed by atoms with van der Waals surface area (Å²) in [4.78, 5) is 27.3. The minimum atomic E-state index is -0.0746. The van der Waals surface area contributed by atoms with Crippen LogP contribution in [-0.2, 0) is 4.79 Å². The molecule has 2 aliphatic rings. The summed E-state index contributed by atoms with van der Waals surface area (Å²) >= 11 is 6.46. The second kappa shape index (κ2) is 8.07. The van der Waals surface area contributed by atoms with Gasteiger partial charge in [0.1, 0.15) is 5.75 Å².